The SMILES string of the molecule is C[C@@H]1CCC[C@H](C)N1C(=O)CN1C(=O)N[C@]2(CCCc3ccccc32)C1=O. The molecule has 27 heavy (non-hydrogen) atoms. The van der Waals surface area contributed by atoms with Gasteiger partial charge in [-0.1, -0.05) is 24.3 Å². The maximum absolute atomic E-state index is 13.3. The summed E-state index contributed by atoms with van der Waals surface area (Å²) in [5.41, 5.74) is 0.971. The van der Waals surface area contributed by atoms with Crippen LogP contribution >= 0.6 is 0 Å². The number of imide groups is 1. The lowest BCUT2D eigenvalue weighted by Gasteiger charge is -2.39. The molecule has 0 bridgehead atoms. The third-order valence-electron chi connectivity index (χ3n) is 6.43. The van der Waals surface area contributed by atoms with E-state index in [9.17, 15) is 14.4 Å². The molecular weight excluding hydrogens is 342 g/mol. The van der Waals surface area contributed by atoms with Gasteiger partial charge in [0.05, 0.1) is 0 Å². The number of hydrogen-bond acceptors (Lipinski definition) is 3. The second kappa shape index (κ2) is 6.66. The van der Waals surface area contributed by atoms with E-state index in [1.54, 1.807) is 0 Å². The van der Waals surface area contributed by atoms with Gasteiger partial charge < -0.3 is 10.2 Å². The highest BCUT2D eigenvalue weighted by Gasteiger charge is 2.54. The molecule has 3 atom stereocenters. The molecule has 0 radical (unpaired) electrons. The van der Waals surface area contributed by atoms with Crippen molar-refractivity contribution in [3.63, 3.8) is 0 Å². The average Bonchev–Trinajstić information content (AvgIpc) is 2.87. The molecule has 6 nitrogen and oxygen atoms in total. The number of rotatable bonds is 2. The number of likely N-dealkylation sites (tertiary alicyclic amines) is 1. The van der Waals surface area contributed by atoms with Crippen LogP contribution in [0.25, 0.3) is 0 Å². The quantitative estimate of drug-likeness (QED) is 0.815. The normalized spacial score (nSPS) is 30.4. The lowest BCUT2D eigenvalue weighted by atomic mass is 9.76. The zero-order valence-electron chi connectivity index (χ0n) is 16.0. The van der Waals surface area contributed by atoms with Crippen molar-refractivity contribution >= 4 is 17.8 Å². The first kappa shape index (κ1) is 18.0. The zero-order chi connectivity index (χ0) is 19.2. The summed E-state index contributed by atoms with van der Waals surface area (Å²) in [6.07, 6.45) is 5.36. The van der Waals surface area contributed by atoms with Gasteiger partial charge in [-0.3, -0.25) is 14.5 Å². The van der Waals surface area contributed by atoms with Gasteiger partial charge >= 0.3 is 6.03 Å². The molecule has 1 aliphatic carbocycles. The number of urea groups is 1. The zero-order valence-corrected chi connectivity index (χ0v) is 16.0. The van der Waals surface area contributed by atoms with Crippen LogP contribution in [0.2, 0.25) is 0 Å². The minimum absolute atomic E-state index is 0.139. The molecule has 2 saturated heterocycles. The second-order valence-corrected chi connectivity index (χ2v) is 8.17. The van der Waals surface area contributed by atoms with Gasteiger partial charge in [0, 0.05) is 12.1 Å². The Balaban J connectivity index is 1.59. The number of fused-ring (bicyclic) bond motifs is 2. The van der Waals surface area contributed by atoms with Crippen molar-refractivity contribution in [1.29, 1.82) is 0 Å². The topological polar surface area (TPSA) is 69.7 Å². The molecule has 6 heteroatoms. The van der Waals surface area contributed by atoms with Gasteiger partial charge in [0.25, 0.3) is 5.91 Å². The van der Waals surface area contributed by atoms with E-state index >= 15 is 0 Å². The Bertz CT molecular complexity index is 783. The minimum Gasteiger partial charge on any atom is -0.336 e. The molecule has 0 unspecified atom stereocenters. The van der Waals surface area contributed by atoms with Crippen LogP contribution in [0.3, 0.4) is 0 Å². The van der Waals surface area contributed by atoms with Gasteiger partial charge in [-0.25, -0.2) is 4.79 Å². The number of hydrogen-bond donors (Lipinski definition) is 1. The van der Waals surface area contributed by atoms with Crippen LogP contribution in [0.4, 0.5) is 4.79 Å². The van der Waals surface area contributed by atoms with Gasteiger partial charge in [-0.2, -0.15) is 0 Å². The molecule has 1 N–H and O–H groups in total. The Kier molecular flexibility index (Phi) is 4.44. The summed E-state index contributed by atoms with van der Waals surface area (Å²) in [6, 6.07) is 7.63. The van der Waals surface area contributed by atoms with Crippen molar-refractivity contribution in [2.75, 3.05) is 6.54 Å². The maximum atomic E-state index is 13.3. The molecule has 1 spiro atoms. The second-order valence-electron chi connectivity index (χ2n) is 8.17. The molecule has 0 saturated carbocycles. The van der Waals surface area contributed by atoms with Gasteiger partial charge in [0.15, 0.2) is 0 Å². The number of amides is 4. The first-order valence-corrected chi connectivity index (χ1v) is 9.98. The van der Waals surface area contributed by atoms with Crippen molar-refractivity contribution in [3.05, 3.63) is 35.4 Å². The van der Waals surface area contributed by atoms with Gasteiger partial charge in [-0.15, -0.1) is 0 Å². The first-order chi connectivity index (χ1) is 12.9. The summed E-state index contributed by atoms with van der Waals surface area (Å²) in [4.78, 5) is 41.9. The molecule has 0 aromatic heterocycles. The smallest absolute Gasteiger partial charge is 0.325 e. The molecule has 2 heterocycles. The fraction of sp³-hybridized carbons (Fsp3) is 0.571. The molecule has 1 aromatic carbocycles. The van der Waals surface area contributed by atoms with Crippen LogP contribution in [0.1, 0.15) is 57.1 Å². The van der Waals surface area contributed by atoms with E-state index in [0.29, 0.717) is 6.42 Å². The van der Waals surface area contributed by atoms with Gasteiger partial charge in [0.1, 0.15) is 12.1 Å². The fourth-order valence-corrected chi connectivity index (χ4v) is 5.08. The molecule has 3 aliphatic rings. The number of aryl methyl sites for hydroxylation is 1. The van der Waals surface area contributed by atoms with E-state index in [0.717, 1.165) is 48.1 Å². The van der Waals surface area contributed by atoms with E-state index in [4.69, 9.17) is 0 Å². The Labute approximate surface area is 159 Å². The lowest BCUT2D eigenvalue weighted by Crippen LogP contribution is -2.52. The Morgan fingerprint density at radius 1 is 1.15 bits per heavy atom. The van der Waals surface area contributed by atoms with Crippen LogP contribution in [0.15, 0.2) is 24.3 Å². The Morgan fingerprint density at radius 2 is 1.85 bits per heavy atom. The molecule has 4 rings (SSSR count). The van der Waals surface area contributed by atoms with E-state index in [2.05, 4.69) is 5.32 Å². The highest BCUT2D eigenvalue weighted by atomic mass is 16.2. The Morgan fingerprint density at radius 3 is 2.59 bits per heavy atom. The molecular formula is C21H27N3O3. The molecule has 144 valence electrons. The number of benzene rings is 1. The number of nitrogens with one attached hydrogen (secondary N) is 1. The van der Waals surface area contributed by atoms with Crippen LogP contribution < -0.4 is 5.32 Å². The fourth-order valence-electron chi connectivity index (χ4n) is 5.08. The standard InChI is InChI=1S/C21H27N3O3/c1-14-7-5-8-15(2)24(14)18(25)13-23-19(26)21(22-20(23)27)12-6-10-16-9-3-4-11-17(16)21/h3-4,9,11,14-15H,5-8,10,12-13H2,1-2H3,(H,22,27)/t14-,15+,21-/m0/s1. The highest BCUT2D eigenvalue weighted by molar-refractivity contribution is 6.09. The third kappa shape index (κ3) is 2.82. The highest BCUT2D eigenvalue weighted by Crippen LogP contribution is 2.40. The predicted octanol–water partition coefficient (Wildman–Crippen LogP) is 2.56. The average molecular weight is 369 g/mol. The van der Waals surface area contributed by atoms with E-state index in [1.807, 2.05) is 43.0 Å². The summed E-state index contributed by atoms with van der Waals surface area (Å²) in [6.45, 7) is 3.90. The van der Waals surface area contributed by atoms with E-state index < -0.39 is 11.6 Å². The number of carbonyl (C=O) groups excluding carboxylic acids is 3. The van der Waals surface area contributed by atoms with Crippen molar-refractivity contribution in [2.24, 2.45) is 0 Å². The summed E-state index contributed by atoms with van der Waals surface area (Å²) in [5, 5.41) is 2.92. The minimum atomic E-state index is -1.01. The van der Waals surface area contributed by atoms with E-state index in [-0.39, 0.29) is 30.4 Å². The third-order valence-corrected chi connectivity index (χ3v) is 6.43. The number of nitrogens with zero attached hydrogens (tertiary/aromatic N) is 2. The number of piperidine rings is 1. The van der Waals surface area contributed by atoms with Crippen LogP contribution in [0, 0.1) is 0 Å². The Hall–Kier alpha value is -2.37. The lowest BCUT2D eigenvalue weighted by molar-refractivity contribution is -0.143. The summed E-state index contributed by atoms with van der Waals surface area (Å²) in [7, 11) is 0. The molecule has 2 aliphatic heterocycles. The summed E-state index contributed by atoms with van der Waals surface area (Å²) in [5.74, 6) is -0.426. The largest absolute Gasteiger partial charge is 0.336 e. The molecule has 2 fully saturated rings. The van der Waals surface area contributed by atoms with Crippen molar-refractivity contribution < 1.29 is 14.4 Å². The summed E-state index contributed by atoms with van der Waals surface area (Å²) >= 11 is 0. The first-order valence-electron chi connectivity index (χ1n) is 9.98. The van der Waals surface area contributed by atoms with Crippen molar-refractivity contribution in [3.8, 4) is 0 Å². The maximum Gasteiger partial charge on any atom is 0.325 e. The van der Waals surface area contributed by atoms with Gasteiger partial charge in [0.2, 0.25) is 5.91 Å². The molecule has 4 amide bonds. The number of carbonyl (C=O) groups is 3. The van der Waals surface area contributed by atoms with Crippen molar-refractivity contribution in [2.45, 2.75) is 70.0 Å². The van der Waals surface area contributed by atoms with Crippen LogP contribution in [0.5, 0.6) is 0 Å². The van der Waals surface area contributed by atoms with Crippen LogP contribution in [-0.4, -0.2) is 46.3 Å². The monoisotopic (exact) mass is 369 g/mol. The molecule has 1 aromatic rings. The van der Waals surface area contributed by atoms with Crippen LogP contribution in [-0.2, 0) is 21.5 Å². The summed E-state index contributed by atoms with van der Waals surface area (Å²) < 4.78 is 0. The van der Waals surface area contributed by atoms with Crippen molar-refractivity contribution in [1.82, 2.24) is 15.1 Å². The van der Waals surface area contributed by atoms with Gasteiger partial charge in [-0.05, 0) is 63.5 Å². The van der Waals surface area contributed by atoms with E-state index in [1.165, 1.54) is 0 Å². The predicted molar refractivity (Wildman–Crippen MR) is 101 cm³/mol.